The molecule has 1 saturated heterocycles. The number of fused-ring (bicyclic) bond motifs is 1. The Balaban J connectivity index is 1.36. The minimum atomic E-state index is -0.815. The van der Waals surface area contributed by atoms with Crippen LogP contribution in [0.15, 0.2) is 48.5 Å². The van der Waals surface area contributed by atoms with E-state index in [2.05, 4.69) is 10.3 Å². The molecule has 0 bridgehead atoms. The van der Waals surface area contributed by atoms with E-state index in [1.807, 2.05) is 35.2 Å². The molecule has 1 aliphatic heterocycles. The summed E-state index contributed by atoms with van der Waals surface area (Å²) >= 11 is 0. The Morgan fingerprint density at radius 1 is 1.00 bits per heavy atom. The van der Waals surface area contributed by atoms with E-state index in [1.54, 1.807) is 11.8 Å². The molecule has 3 aromatic rings. The van der Waals surface area contributed by atoms with Gasteiger partial charge in [0, 0.05) is 37.1 Å². The molecule has 2 aromatic carbocycles. The van der Waals surface area contributed by atoms with Crippen LogP contribution in [0.25, 0.3) is 10.9 Å². The summed E-state index contributed by atoms with van der Waals surface area (Å²) in [4.78, 5) is 32.1. The van der Waals surface area contributed by atoms with E-state index in [9.17, 15) is 18.4 Å². The summed E-state index contributed by atoms with van der Waals surface area (Å²) in [5, 5.41) is 3.31. The molecular weight excluding hydrogens is 390 g/mol. The number of carbonyl (C=O) groups excluding carboxylic acids is 2. The van der Waals surface area contributed by atoms with Crippen molar-refractivity contribution < 1.29 is 18.4 Å². The second-order valence-electron chi connectivity index (χ2n) is 7.36. The normalized spacial score (nSPS) is 15.9. The molecule has 2 heterocycles. The fraction of sp³-hybridized carbons (Fsp3) is 0.273. The lowest BCUT2D eigenvalue weighted by atomic mass is 10.2. The molecule has 0 spiro atoms. The van der Waals surface area contributed by atoms with E-state index >= 15 is 0 Å². The average Bonchev–Trinajstić information content (AvgIpc) is 3.19. The third kappa shape index (κ3) is 3.91. The van der Waals surface area contributed by atoms with Crippen molar-refractivity contribution in [3.63, 3.8) is 0 Å². The van der Waals surface area contributed by atoms with Gasteiger partial charge in [-0.05, 0) is 31.2 Å². The van der Waals surface area contributed by atoms with E-state index in [4.69, 9.17) is 0 Å². The molecule has 2 N–H and O–H groups in total. The Bertz CT molecular complexity index is 1040. The second-order valence-corrected chi connectivity index (χ2v) is 7.36. The Kier molecular flexibility index (Phi) is 5.50. The number of aromatic nitrogens is 1. The zero-order valence-corrected chi connectivity index (χ0v) is 16.5. The summed E-state index contributed by atoms with van der Waals surface area (Å²) in [6.45, 7) is 3.57. The Morgan fingerprint density at radius 3 is 2.33 bits per heavy atom. The molecule has 8 heteroatoms. The van der Waals surface area contributed by atoms with Crippen molar-refractivity contribution in [2.24, 2.45) is 0 Å². The quantitative estimate of drug-likeness (QED) is 0.691. The molecule has 6 nitrogen and oxygen atoms in total. The number of aromatic amines is 1. The molecule has 1 aromatic heterocycles. The van der Waals surface area contributed by atoms with E-state index in [0.29, 0.717) is 31.9 Å². The van der Waals surface area contributed by atoms with E-state index in [-0.39, 0.29) is 5.91 Å². The maximum Gasteiger partial charge on any atom is 0.270 e. The van der Waals surface area contributed by atoms with Crippen LogP contribution in [0, 0.1) is 11.6 Å². The van der Waals surface area contributed by atoms with Crippen LogP contribution in [0.3, 0.4) is 0 Å². The van der Waals surface area contributed by atoms with Gasteiger partial charge in [-0.15, -0.1) is 0 Å². The first-order valence-electron chi connectivity index (χ1n) is 9.80. The van der Waals surface area contributed by atoms with Crippen molar-refractivity contribution in [1.82, 2.24) is 14.8 Å². The molecule has 1 fully saturated rings. The Labute approximate surface area is 172 Å². The minimum absolute atomic E-state index is 0.0867. The number of halogens is 2. The number of carbonyl (C=O) groups is 2. The van der Waals surface area contributed by atoms with Gasteiger partial charge >= 0.3 is 0 Å². The highest BCUT2D eigenvalue weighted by atomic mass is 19.1. The number of nitrogens with zero attached hydrogens (tertiary/aromatic N) is 2. The van der Waals surface area contributed by atoms with Crippen LogP contribution in [-0.4, -0.2) is 58.8 Å². The van der Waals surface area contributed by atoms with E-state index in [1.165, 1.54) is 6.07 Å². The lowest BCUT2D eigenvalue weighted by Crippen LogP contribution is -2.54. The van der Waals surface area contributed by atoms with Crippen molar-refractivity contribution in [3.05, 3.63) is 65.9 Å². The van der Waals surface area contributed by atoms with Crippen molar-refractivity contribution in [2.45, 2.75) is 13.0 Å². The van der Waals surface area contributed by atoms with Crippen LogP contribution in [0.1, 0.15) is 17.4 Å². The first kappa shape index (κ1) is 20.0. The smallest absolute Gasteiger partial charge is 0.270 e. The summed E-state index contributed by atoms with van der Waals surface area (Å²) in [6.07, 6.45) is 0. The largest absolute Gasteiger partial charge is 0.351 e. The zero-order valence-electron chi connectivity index (χ0n) is 16.5. The summed E-state index contributed by atoms with van der Waals surface area (Å²) in [5.41, 5.74) is 0.998. The lowest BCUT2D eigenvalue weighted by Gasteiger charge is -2.37. The number of para-hydroxylation sites is 2. The van der Waals surface area contributed by atoms with Gasteiger partial charge in [0.15, 0.2) is 0 Å². The topological polar surface area (TPSA) is 68.4 Å². The molecule has 2 amide bonds. The van der Waals surface area contributed by atoms with Crippen LogP contribution in [0.2, 0.25) is 0 Å². The van der Waals surface area contributed by atoms with Gasteiger partial charge in [-0.2, -0.15) is 0 Å². The van der Waals surface area contributed by atoms with Gasteiger partial charge in [0.2, 0.25) is 5.91 Å². The van der Waals surface area contributed by atoms with Gasteiger partial charge in [-0.3, -0.25) is 14.5 Å². The number of benzene rings is 2. The van der Waals surface area contributed by atoms with E-state index in [0.717, 1.165) is 23.0 Å². The highest BCUT2D eigenvalue weighted by molar-refractivity contribution is 5.98. The van der Waals surface area contributed by atoms with Gasteiger partial charge < -0.3 is 15.2 Å². The van der Waals surface area contributed by atoms with Crippen LogP contribution < -0.4 is 5.32 Å². The summed E-state index contributed by atoms with van der Waals surface area (Å²) < 4.78 is 27.6. The third-order valence-electron chi connectivity index (χ3n) is 5.50. The van der Waals surface area contributed by atoms with Gasteiger partial charge in [-0.25, -0.2) is 8.78 Å². The fourth-order valence-corrected chi connectivity index (χ4v) is 3.68. The van der Waals surface area contributed by atoms with Gasteiger partial charge in [-0.1, -0.05) is 24.3 Å². The van der Waals surface area contributed by atoms with Gasteiger partial charge in [0.25, 0.3) is 5.91 Å². The molecule has 1 unspecified atom stereocenters. The highest BCUT2D eigenvalue weighted by Gasteiger charge is 2.29. The molecule has 30 heavy (non-hydrogen) atoms. The fourth-order valence-electron chi connectivity index (χ4n) is 3.68. The maximum atomic E-state index is 13.8. The number of rotatable bonds is 4. The van der Waals surface area contributed by atoms with Crippen LogP contribution in [-0.2, 0) is 4.79 Å². The van der Waals surface area contributed by atoms with Crippen LogP contribution in [0.4, 0.5) is 14.5 Å². The summed E-state index contributed by atoms with van der Waals surface area (Å²) in [7, 11) is 0. The average molecular weight is 412 g/mol. The van der Waals surface area contributed by atoms with Crippen molar-refractivity contribution in [1.29, 1.82) is 0 Å². The minimum Gasteiger partial charge on any atom is -0.351 e. The molecule has 0 saturated carbocycles. The van der Waals surface area contributed by atoms with Crippen LogP contribution in [0.5, 0.6) is 0 Å². The van der Waals surface area contributed by atoms with Gasteiger partial charge in [0.1, 0.15) is 23.0 Å². The third-order valence-corrected chi connectivity index (χ3v) is 5.50. The number of amides is 2. The summed E-state index contributed by atoms with van der Waals surface area (Å²) in [5.74, 6) is -2.21. The number of nitrogens with one attached hydrogen (secondary N) is 2. The number of anilines is 1. The van der Waals surface area contributed by atoms with Crippen molar-refractivity contribution in [2.75, 3.05) is 31.5 Å². The standard InChI is InChI=1S/C22H22F2N4O2/c1-14(21(29)26-20-16(23)6-4-7-17(20)24)27-9-11-28(12-10-27)22(30)19-13-15-5-2-3-8-18(15)25-19/h2-8,13-14,25H,9-12H2,1H3,(H,26,29). The number of H-pyrrole nitrogens is 1. The SMILES string of the molecule is CC(C(=O)Nc1c(F)cccc1F)N1CCN(C(=O)c2cc3ccccc3[nH]2)CC1. The number of piperazine rings is 1. The lowest BCUT2D eigenvalue weighted by molar-refractivity contribution is -0.121. The summed E-state index contributed by atoms with van der Waals surface area (Å²) in [6, 6.07) is 12.4. The molecule has 1 aliphatic rings. The maximum absolute atomic E-state index is 13.8. The molecule has 0 aliphatic carbocycles. The molecular formula is C22H22F2N4O2. The highest BCUT2D eigenvalue weighted by Crippen LogP contribution is 2.20. The second kappa shape index (κ2) is 8.23. The molecule has 0 radical (unpaired) electrons. The predicted octanol–water partition coefficient (Wildman–Crippen LogP) is 3.23. The number of hydrogen-bond acceptors (Lipinski definition) is 3. The molecule has 156 valence electrons. The first-order chi connectivity index (χ1) is 14.4. The molecule has 4 rings (SSSR count). The first-order valence-corrected chi connectivity index (χ1v) is 9.80. The Morgan fingerprint density at radius 2 is 1.67 bits per heavy atom. The van der Waals surface area contributed by atoms with Crippen molar-refractivity contribution >= 4 is 28.4 Å². The molecule has 1 atom stereocenters. The monoisotopic (exact) mass is 412 g/mol. The van der Waals surface area contributed by atoms with Crippen molar-refractivity contribution in [3.8, 4) is 0 Å². The van der Waals surface area contributed by atoms with Gasteiger partial charge in [0.05, 0.1) is 6.04 Å². The van der Waals surface area contributed by atoms with E-state index < -0.39 is 29.3 Å². The zero-order chi connectivity index (χ0) is 21.3. The number of hydrogen-bond donors (Lipinski definition) is 2. The Hall–Kier alpha value is -3.26. The predicted molar refractivity (Wildman–Crippen MR) is 110 cm³/mol. The van der Waals surface area contributed by atoms with Crippen LogP contribution >= 0.6 is 0 Å².